The highest BCUT2D eigenvalue weighted by atomic mass is 16.6. The number of cyclic esters (lactones) is 1. The molecule has 0 saturated carbocycles. The number of hydrogen-bond donors (Lipinski definition) is 1. The predicted octanol–water partition coefficient (Wildman–Crippen LogP) is 2.12. The normalized spacial score (nSPS) is 20.6. The molecule has 2 atom stereocenters. The maximum atomic E-state index is 13.3. The van der Waals surface area contributed by atoms with Gasteiger partial charge in [-0.3, -0.25) is 14.9 Å². The van der Waals surface area contributed by atoms with Gasteiger partial charge in [0.25, 0.3) is 5.91 Å². The molecule has 0 aliphatic carbocycles. The van der Waals surface area contributed by atoms with Gasteiger partial charge < -0.3 is 14.2 Å². The summed E-state index contributed by atoms with van der Waals surface area (Å²) in [5.41, 5.74) is 1.41. The van der Waals surface area contributed by atoms with Crippen LogP contribution in [0.1, 0.15) is 27.6 Å². The second-order valence-corrected chi connectivity index (χ2v) is 6.82. The molecule has 2 heterocycles. The summed E-state index contributed by atoms with van der Waals surface area (Å²) in [6, 6.07) is 9.03. The number of esters is 1. The van der Waals surface area contributed by atoms with Gasteiger partial charge in [-0.25, -0.2) is 14.5 Å². The Labute approximate surface area is 171 Å². The van der Waals surface area contributed by atoms with Gasteiger partial charge in [0.2, 0.25) is 5.91 Å². The second-order valence-electron chi connectivity index (χ2n) is 6.82. The first kappa shape index (κ1) is 19.4. The van der Waals surface area contributed by atoms with Crippen LogP contribution in [0.15, 0.2) is 36.4 Å². The van der Waals surface area contributed by atoms with E-state index in [1.54, 1.807) is 43.3 Å². The number of anilines is 1. The second kappa shape index (κ2) is 7.18. The summed E-state index contributed by atoms with van der Waals surface area (Å²) < 4.78 is 15.9. The van der Waals surface area contributed by atoms with Gasteiger partial charge in [-0.15, -0.1) is 0 Å². The Balaban J connectivity index is 1.79. The third-order valence-corrected chi connectivity index (χ3v) is 5.18. The number of hydrogen-bond acceptors (Lipinski definition) is 7. The Kier molecular flexibility index (Phi) is 4.65. The number of nitrogens with one attached hydrogen (secondary N) is 1. The van der Waals surface area contributed by atoms with Gasteiger partial charge in [-0.2, -0.15) is 0 Å². The number of imide groups is 2. The number of para-hydroxylation sites is 1. The van der Waals surface area contributed by atoms with E-state index in [2.05, 4.69) is 5.32 Å². The number of ether oxygens (including phenoxy) is 3. The zero-order valence-corrected chi connectivity index (χ0v) is 16.4. The van der Waals surface area contributed by atoms with Crippen LogP contribution in [0.5, 0.6) is 11.5 Å². The van der Waals surface area contributed by atoms with Crippen molar-refractivity contribution >= 4 is 29.5 Å². The fraction of sp³-hybridized carbons (Fsp3) is 0.238. The van der Waals surface area contributed by atoms with Gasteiger partial charge in [-0.1, -0.05) is 24.3 Å². The van der Waals surface area contributed by atoms with Crippen molar-refractivity contribution in [1.82, 2.24) is 5.32 Å². The lowest BCUT2D eigenvalue weighted by Crippen LogP contribution is -2.59. The molecule has 2 aromatic rings. The number of carbonyl (C=O) groups excluding carboxylic acids is 4. The molecule has 9 nitrogen and oxygen atoms in total. The number of barbiturate groups is 1. The molecule has 0 spiro atoms. The van der Waals surface area contributed by atoms with Crippen molar-refractivity contribution < 1.29 is 33.4 Å². The number of benzene rings is 2. The van der Waals surface area contributed by atoms with E-state index in [0.717, 1.165) is 4.90 Å². The Bertz CT molecular complexity index is 1090. The number of aryl methyl sites for hydroxylation is 1. The molecule has 2 aromatic carbocycles. The van der Waals surface area contributed by atoms with Crippen molar-refractivity contribution in [2.45, 2.75) is 13.0 Å². The monoisotopic (exact) mass is 410 g/mol. The highest BCUT2D eigenvalue weighted by Crippen LogP contribution is 2.45. The molecule has 4 rings (SSSR count). The highest BCUT2D eigenvalue weighted by Gasteiger charge is 2.51. The quantitative estimate of drug-likeness (QED) is 0.607. The summed E-state index contributed by atoms with van der Waals surface area (Å²) in [6.07, 6.45) is -1.21. The van der Waals surface area contributed by atoms with E-state index in [9.17, 15) is 19.2 Å². The minimum Gasteiger partial charge on any atom is -0.493 e. The van der Waals surface area contributed by atoms with Crippen LogP contribution in [0, 0.1) is 12.8 Å². The average Bonchev–Trinajstić information content (AvgIpc) is 3.04. The van der Waals surface area contributed by atoms with Gasteiger partial charge in [-0.05, 0) is 24.6 Å². The third-order valence-electron chi connectivity index (χ3n) is 5.18. The van der Waals surface area contributed by atoms with Crippen LogP contribution in [0.25, 0.3) is 0 Å². The zero-order valence-electron chi connectivity index (χ0n) is 16.4. The fourth-order valence-electron chi connectivity index (χ4n) is 3.77. The Morgan fingerprint density at radius 3 is 2.40 bits per heavy atom. The topological polar surface area (TPSA) is 111 Å². The van der Waals surface area contributed by atoms with E-state index >= 15 is 0 Å². The first-order chi connectivity index (χ1) is 14.4. The van der Waals surface area contributed by atoms with Crippen LogP contribution in [0.4, 0.5) is 10.5 Å². The predicted molar refractivity (Wildman–Crippen MR) is 103 cm³/mol. The number of nitrogens with zero attached hydrogens (tertiary/aromatic N) is 1. The van der Waals surface area contributed by atoms with E-state index in [-0.39, 0.29) is 11.3 Å². The zero-order chi connectivity index (χ0) is 21.6. The molecule has 30 heavy (non-hydrogen) atoms. The Hall–Kier alpha value is -3.88. The lowest BCUT2D eigenvalue weighted by molar-refractivity contribution is -0.139. The van der Waals surface area contributed by atoms with E-state index in [1.807, 2.05) is 0 Å². The molecule has 0 bridgehead atoms. The van der Waals surface area contributed by atoms with E-state index in [4.69, 9.17) is 14.2 Å². The molecule has 0 aromatic heterocycles. The maximum Gasteiger partial charge on any atom is 0.343 e. The molecule has 1 saturated heterocycles. The first-order valence-corrected chi connectivity index (χ1v) is 9.09. The van der Waals surface area contributed by atoms with Gasteiger partial charge in [0.1, 0.15) is 11.7 Å². The first-order valence-electron chi connectivity index (χ1n) is 9.09. The number of carbonyl (C=O) groups is 4. The van der Waals surface area contributed by atoms with Crippen LogP contribution >= 0.6 is 0 Å². The third kappa shape index (κ3) is 2.78. The Morgan fingerprint density at radius 1 is 1.00 bits per heavy atom. The average molecular weight is 410 g/mol. The minimum absolute atomic E-state index is 0.0850. The van der Waals surface area contributed by atoms with Crippen LogP contribution in [-0.2, 0) is 14.3 Å². The largest absolute Gasteiger partial charge is 0.493 e. The number of rotatable bonds is 4. The van der Waals surface area contributed by atoms with Crippen molar-refractivity contribution in [1.29, 1.82) is 0 Å². The minimum atomic E-state index is -1.44. The lowest BCUT2D eigenvalue weighted by atomic mass is 9.90. The SMILES string of the molecule is COc1ccc2c(c1OC)C(=O)O[C@H]2[C@@H]1C(=O)NC(=O)N(c2ccccc2C)C1=O. The van der Waals surface area contributed by atoms with Crippen molar-refractivity contribution in [3.63, 3.8) is 0 Å². The summed E-state index contributed by atoms with van der Waals surface area (Å²) in [6.45, 7) is 1.74. The van der Waals surface area contributed by atoms with E-state index in [1.165, 1.54) is 14.2 Å². The Morgan fingerprint density at radius 2 is 1.73 bits per heavy atom. The molecule has 1 N–H and O–H groups in total. The molecule has 154 valence electrons. The summed E-state index contributed by atoms with van der Waals surface area (Å²) in [5.74, 6) is -3.34. The van der Waals surface area contributed by atoms with E-state index < -0.39 is 35.8 Å². The molecular weight excluding hydrogens is 392 g/mol. The number of fused-ring (bicyclic) bond motifs is 1. The molecule has 4 amide bonds. The highest BCUT2D eigenvalue weighted by molar-refractivity contribution is 6.28. The van der Waals surface area contributed by atoms with Gasteiger partial charge in [0, 0.05) is 5.56 Å². The van der Waals surface area contributed by atoms with Crippen molar-refractivity contribution in [3.8, 4) is 11.5 Å². The van der Waals surface area contributed by atoms with Gasteiger partial charge >= 0.3 is 12.0 Å². The van der Waals surface area contributed by atoms with Crippen molar-refractivity contribution in [3.05, 3.63) is 53.1 Å². The smallest absolute Gasteiger partial charge is 0.343 e. The summed E-state index contributed by atoms with van der Waals surface area (Å²) in [7, 11) is 2.79. The van der Waals surface area contributed by atoms with Gasteiger partial charge in [0.15, 0.2) is 17.4 Å². The molecule has 0 unspecified atom stereocenters. The lowest BCUT2D eigenvalue weighted by Gasteiger charge is -2.33. The molecule has 1 fully saturated rings. The van der Waals surface area contributed by atoms with Gasteiger partial charge in [0.05, 0.1) is 19.9 Å². The van der Waals surface area contributed by atoms with Crippen molar-refractivity contribution in [2.24, 2.45) is 5.92 Å². The molecule has 0 radical (unpaired) electrons. The summed E-state index contributed by atoms with van der Waals surface area (Å²) in [5, 5.41) is 2.19. The fourth-order valence-corrected chi connectivity index (χ4v) is 3.77. The molecule has 9 heteroatoms. The van der Waals surface area contributed by atoms with Crippen LogP contribution < -0.4 is 19.7 Å². The standard InChI is InChI=1S/C21H18N2O7/c1-10-6-4-5-7-12(10)23-19(25)15(18(24)22-21(23)27)16-11-8-9-13(28-2)17(29-3)14(11)20(26)30-16/h4-9,15-16H,1-3H3,(H,22,24,27)/t15-,16-/m1/s1. The maximum absolute atomic E-state index is 13.3. The van der Waals surface area contributed by atoms with Crippen LogP contribution in [-0.4, -0.2) is 38.0 Å². The van der Waals surface area contributed by atoms with Crippen molar-refractivity contribution in [2.75, 3.05) is 19.1 Å². The number of urea groups is 1. The summed E-state index contributed by atoms with van der Waals surface area (Å²) in [4.78, 5) is 51.8. The van der Waals surface area contributed by atoms with E-state index in [0.29, 0.717) is 22.6 Å². The number of methoxy groups -OCH3 is 2. The van der Waals surface area contributed by atoms with Crippen LogP contribution in [0.3, 0.4) is 0 Å². The number of amides is 4. The van der Waals surface area contributed by atoms with Crippen LogP contribution in [0.2, 0.25) is 0 Å². The molecule has 2 aliphatic rings. The summed E-state index contributed by atoms with van der Waals surface area (Å²) >= 11 is 0. The molecular formula is C21H18N2O7. The molecule has 2 aliphatic heterocycles.